The van der Waals surface area contributed by atoms with Gasteiger partial charge in [-0.3, -0.25) is 0 Å². The zero-order valence-corrected chi connectivity index (χ0v) is 10.3. The highest BCUT2D eigenvalue weighted by molar-refractivity contribution is 5.22. The molecule has 2 rings (SSSR count). The average molecular weight is 257 g/mol. The number of nitrogens with one attached hydrogen (secondary N) is 1. The first-order chi connectivity index (χ1) is 8.72. The van der Waals surface area contributed by atoms with Crippen molar-refractivity contribution in [1.82, 2.24) is 5.32 Å². The molecule has 1 heterocycles. The zero-order chi connectivity index (χ0) is 13.0. The van der Waals surface area contributed by atoms with Gasteiger partial charge in [-0.2, -0.15) is 0 Å². The van der Waals surface area contributed by atoms with Gasteiger partial charge in [0.25, 0.3) is 0 Å². The van der Waals surface area contributed by atoms with Crippen LogP contribution in [0.5, 0.6) is 0 Å². The summed E-state index contributed by atoms with van der Waals surface area (Å²) in [6, 6.07) is 3.90. The summed E-state index contributed by atoms with van der Waals surface area (Å²) in [5.41, 5.74) is 0.316. The van der Waals surface area contributed by atoms with Gasteiger partial charge >= 0.3 is 0 Å². The number of rotatable bonds is 5. The van der Waals surface area contributed by atoms with Gasteiger partial charge in [-0.05, 0) is 12.6 Å². The smallest absolute Gasteiger partial charge is 0.163 e. The highest BCUT2D eigenvalue weighted by Crippen LogP contribution is 2.25. The van der Waals surface area contributed by atoms with Crippen molar-refractivity contribution in [2.24, 2.45) is 0 Å². The normalized spacial score (nSPS) is 18.2. The van der Waals surface area contributed by atoms with Gasteiger partial charge in [0.05, 0.1) is 13.2 Å². The molecule has 0 radical (unpaired) electrons. The largest absolute Gasteiger partial charge is 0.350 e. The van der Waals surface area contributed by atoms with Crippen molar-refractivity contribution in [2.75, 3.05) is 19.8 Å². The molecule has 1 unspecified atom stereocenters. The summed E-state index contributed by atoms with van der Waals surface area (Å²) in [5.74, 6) is -1.63. The van der Waals surface area contributed by atoms with Crippen molar-refractivity contribution in [1.29, 1.82) is 0 Å². The van der Waals surface area contributed by atoms with E-state index in [1.165, 1.54) is 6.07 Å². The minimum Gasteiger partial charge on any atom is -0.350 e. The van der Waals surface area contributed by atoms with Crippen LogP contribution in [0.4, 0.5) is 8.78 Å². The van der Waals surface area contributed by atoms with E-state index in [-0.39, 0.29) is 12.3 Å². The van der Waals surface area contributed by atoms with Crippen LogP contribution in [0.25, 0.3) is 0 Å². The summed E-state index contributed by atoms with van der Waals surface area (Å²) in [4.78, 5) is 0. The number of hydrogen-bond acceptors (Lipinski definition) is 3. The Hall–Kier alpha value is -1.04. The molecule has 5 heteroatoms. The van der Waals surface area contributed by atoms with Crippen LogP contribution < -0.4 is 5.32 Å². The first kappa shape index (κ1) is 13.4. The van der Waals surface area contributed by atoms with Gasteiger partial charge < -0.3 is 14.8 Å². The van der Waals surface area contributed by atoms with Gasteiger partial charge in [-0.1, -0.05) is 19.1 Å². The third-order valence-corrected chi connectivity index (χ3v) is 2.93. The lowest BCUT2D eigenvalue weighted by atomic mass is 10.0. The third kappa shape index (κ3) is 3.04. The molecule has 0 saturated carbocycles. The first-order valence-corrected chi connectivity index (χ1v) is 6.13. The van der Waals surface area contributed by atoms with Crippen LogP contribution >= 0.6 is 0 Å². The van der Waals surface area contributed by atoms with E-state index in [1.54, 1.807) is 6.07 Å². The Morgan fingerprint density at radius 3 is 2.72 bits per heavy atom. The lowest BCUT2D eigenvalue weighted by Gasteiger charge is -2.21. The fraction of sp³-hybridized carbons (Fsp3) is 0.538. The quantitative estimate of drug-likeness (QED) is 0.878. The number of benzene rings is 1. The number of ether oxygens (including phenoxy) is 2. The predicted octanol–water partition coefficient (Wildman–Crippen LogP) is 2.38. The average Bonchev–Trinajstić information content (AvgIpc) is 2.85. The molecule has 0 spiro atoms. The van der Waals surface area contributed by atoms with Crippen LogP contribution in [-0.2, 0) is 9.47 Å². The van der Waals surface area contributed by atoms with Gasteiger partial charge in [-0.15, -0.1) is 0 Å². The van der Waals surface area contributed by atoms with Crippen molar-refractivity contribution in [2.45, 2.75) is 25.7 Å². The molecule has 0 aliphatic carbocycles. The molecule has 3 nitrogen and oxygen atoms in total. The monoisotopic (exact) mass is 257 g/mol. The van der Waals surface area contributed by atoms with Crippen molar-refractivity contribution >= 4 is 0 Å². The molecule has 0 aromatic heterocycles. The molecular formula is C13H17F2NO2. The first-order valence-electron chi connectivity index (χ1n) is 6.13. The molecule has 0 amide bonds. The lowest BCUT2D eigenvalue weighted by Crippen LogP contribution is -2.27. The van der Waals surface area contributed by atoms with Crippen molar-refractivity contribution in [3.8, 4) is 0 Å². The number of hydrogen-bond donors (Lipinski definition) is 1. The molecule has 1 aliphatic heterocycles. The van der Waals surface area contributed by atoms with E-state index in [1.807, 2.05) is 6.92 Å². The van der Waals surface area contributed by atoms with Gasteiger partial charge in [0.1, 0.15) is 0 Å². The van der Waals surface area contributed by atoms with E-state index in [0.29, 0.717) is 31.7 Å². The Kier molecular flexibility index (Phi) is 4.63. The fourth-order valence-electron chi connectivity index (χ4n) is 2.09. The van der Waals surface area contributed by atoms with Crippen LogP contribution in [0.3, 0.4) is 0 Å². The maximum atomic E-state index is 13.8. The second-order valence-corrected chi connectivity index (χ2v) is 4.16. The predicted molar refractivity (Wildman–Crippen MR) is 63.1 cm³/mol. The fourth-order valence-corrected chi connectivity index (χ4v) is 2.09. The second-order valence-electron chi connectivity index (χ2n) is 4.16. The molecule has 100 valence electrons. The van der Waals surface area contributed by atoms with Crippen LogP contribution in [0, 0.1) is 11.6 Å². The summed E-state index contributed by atoms with van der Waals surface area (Å²) >= 11 is 0. The zero-order valence-electron chi connectivity index (χ0n) is 10.3. The van der Waals surface area contributed by atoms with Crippen LogP contribution in [0.15, 0.2) is 18.2 Å². The van der Waals surface area contributed by atoms with E-state index in [4.69, 9.17) is 9.47 Å². The summed E-state index contributed by atoms with van der Waals surface area (Å²) < 4.78 is 37.7. The Bertz CT molecular complexity index is 395. The molecule has 1 aromatic rings. The molecular weight excluding hydrogens is 240 g/mol. The Balaban J connectivity index is 2.14. The molecule has 1 fully saturated rings. The van der Waals surface area contributed by atoms with E-state index >= 15 is 0 Å². The van der Waals surface area contributed by atoms with Gasteiger partial charge in [0, 0.05) is 18.0 Å². The molecule has 1 N–H and O–H groups in total. The van der Waals surface area contributed by atoms with Crippen LogP contribution in [0.1, 0.15) is 24.9 Å². The van der Waals surface area contributed by atoms with Crippen LogP contribution in [-0.4, -0.2) is 26.0 Å². The van der Waals surface area contributed by atoms with Gasteiger partial charge in [-0.25, -0.2) is 8.78 Å². The highest BCUT2D eigenvalue weighted by Gasteiger charge is 2.24. The molecule has 18 heavy (non-hydrogen) atoms. The summed E-state index contributed by atoms with van der Waals surface area (Å²) in [7, 11) is 0. The Morgan fingerprint density at radius 1 is 1.33 bits per heavy atom. The summed E-state index contributed by atoms with van der Waals surface area (Å²) in [6.45, 7) is 3.68. The molecule has 1 atom stereocenters. The molecule has 1 aromatic carbocycles. The Labute approximate surface area is 105 Å². The number of halogens is 2. The Morgan fingerprint density at radius 2 is 2.06 bits per heavy atom. The minimum atomic E-state index is -0.830. The van der Waals surface area contributed by atoms with E-state index < -0.39 is 11.6 Å². The van der Waals surface area contributed by atoms with E-state index in [9.17, 15) is 8.78 Å². The van der Waals surface area contributed by atoms with E-state index in [0.717, 1.165) is 6.07 Å². The lowest BCUT2D eigenvalue weighted by molar-refractivity contribution is -0.0531. The second kappa shape index (κ2) is 6.22. The highest BCUT2D eigenvalue weighted by atomic mass is 19.2. The van der Waals surface area contributed by atoms with Crippen LogP contribution in [0.2, 0.25) is 0 Å². The maximum Gasteiger partial charge on any atom is 0.163 e. The molecule has 1 aliphatic rings. The molecule has 1 saturated heterocycles. The summed E-state index contributed by atoms with van der Waals surface area (Å²) in [6.07, 6.45) is 0.116. The standard InChI is InChI=1S/C13H17F2NO2/c1-2-16-11(8-12-17-6-7-18-12)9-4-3-5-10(14)13(9)15/h3-5,11-12,16H,2,6-8H2,1H3. The van der Waals surface area contributed by atoms with Crippen molar-refractivity contribution in [3.63, 3.8) is 0 Å². The summed E-state index contributed by atoms with van der Waals surface area (Å²) in [5, 5.41) is 3.13. The van der Waals surface area contributed by atoms with Crippen molar-refractivity contribution < 1.29 is 18.3 Å². The van der Waals surface area contributed by atoms with Gasteiger partial charge in [0.15, 0.2) is 17.9 Å². The molecule has 0 bridgehead atoms. The van der Waals surface area contributed by atoms with E-state index in [2.05, 4.69) is 5.32 Å². The van der Waals surface area contributed by atoms with Gasteiger partial charge in [0.2, 0.25) is 0 Å². The maximum absolute atomic E-state index is 13.8. The van der Waals surface area contributed by atoms with Crippen molar-refractivity contribution in [3.05, 3.63) is 35.4 Å². The topological polar surface area (TPSA) is 30.5 Å². The SMILES string of the molecule is CCNC(CC1OCCO1)c1cccc(F)c1F. The minimum absolute atomic E-state index is 0.311. The third-order valence-electron chi connectivity index (χ3n) is 2.93.